The molecule has 0 saturated carbocycles. The normalized spacial score (nSPS) is 11.1. The van der Waals surface area contributed by atoms with Gasteiger partial charge in [0.05, 0.1) is 35.8 Å². The van der Waals surface area contributed by atoms with Gasteiger partial charge in [-0.25, -0.2) is 14.4 Å². The van der Waals surface area contributed by atoms with E-state index in [-0.39, 0.29) is 54.7 Å². The van der Waals surface area contributed by atoms with Crippen LogP contribution in [0.2, 0.25) is 0 Å². The Labute approximate surface area is 200 Å². The molecule has 0 radical (unpaired) electrons. The first-order valence-corrected chi connectivity index (χ1v) is 11.7. The summed E-state index contributed by atoms with van der Waals surface area (Å²) < 4.78 is 57.3. The second kappa shape index (κ2) is 12.8. The number of benzene rings is 1. The molecule has 0 saturated heterocycles. The van der Waals surface area contributed by atoms with Crippen LogP contribution in [0.25, 0.3) is 0 Å². The lowest BCUT2D eigenvalue weighted by atomic mass is 10.1. The van der Waals surface area contributed by atoms with Gasteiger partial charge in [-0.2, -0.15) is 8.42 Å². The second-order valence-corrected chi connectivity index (χ2v) is 8.47. The molecule has 0 aliphatic carbocycles. The summed E-state index contributed by atoms with van der Waals surface area (Å²) in [7, 11) is -3.26. The Bertz CT molecular complexity index is 1180. The minimum atomic E-state index is -4.74. The van der Waals surface area contributed by atoms with E-state index in [0.29, 0.717) is 13.0 Å². The molecule has 1 aromatic carbocycles. The van der Waals surface area contributed by atoms with Gasteiger partial charge in [0.2, 0.25) is 5.76 Å². The number of methoxy groups -OCH3 is 1. The molecule has 35 heavy (non-hydrogen) atoms. The number of furan rings is 1. The standard InChI is InChI=1S/C22H24O12S/c1-14(23)18-5-6-19(34-18)22(26)33-10-4-9-32-21(25)16-11-15(12-17(13-16)35(27,28)29)20(24)31-8-3-7-30-2/h5-6,11-13H,3-4,7-10H2,1-2H3,(H,27,28,29). The van der Waals surface area contributed by atoms with Gasteiger partial charge in [-0.1, -0.05) is 0 Å². The smallest absolute Gasteiger partial charge is 0.374 e. The van der Waals surface area contributed by atoms with Crippen LogP contribution in [0.15, 0.2) is 39.6 Å². The number of esters is 3. The van der Waals surface area contributed by atoms with E-state index in [1.165, 1.54) is 26.2 Å². The molecule has 0 unspecified atom stereocenters. The lowest BCUT2D eigenvalue weighted by molar-refractivity contribution is 0.0374. The minimum Gasteiger partial charge on any atom is -0.462 e. The quantitative estimate of drug-likeness (QED) is 0.137. The lowest BCUT2D eigenvalue weighted by Gasteiger charge is -2.09. The first kappa shape index (κ1) is 27.7. The Morgan fingerprint density at radius 2 is 1.29 bits per heavy atom. The summed E-state index contributed by atoms with van der Waals surface area (Å²) in [4.78, 5) is 47.0. The molecule has 1 N–H and O–H groups in total. The zero-order valence-electron chi connectivity index (χ0n) is 19.0. The fraction of sp³-hybridized carbons (Fsp3) is 0.364. The summed E-state index contributed by atoms with van der Waals surface area (Å²) in [5.74, 6) is -3.19. The Kier molecular flexibility index (Phi) is 10.1. The highest BCUT2D eigenvalue weighted by atomic mass is 32.2. The largest absolute Gasteiger partial charge is 0.462 e. The van der Waals surface area contributed by atoms with Crippen LogP contribution >= 0.6 is 0 Å². The van der Waals surface area contributed by atoms with E-state index < -0.39 is 32.9 Å². The van der Waals surface area contributed by atoms with Crippen LogP contribution in [-0.2, 0) is 29.1 Å². The van der Waals surface area contributed by atoms with Crippen molar-refractivity contribution >= 4 is 33.8 Å². The number of rotatable bonds is 13. The van der Waals surface area contributed by atoms with Gasteiger partial charge in [-0.3, -0.25) is 9.35 Å². The molecular formula is C22H24O12S. The lowest BCUT2D eigenvalue weighted by Crippen LogP contribution is -2.14. The van der Waals surface area contributed by atoms with Crippen molar-refractivity contribution in [2.45, 2.75) is 24.7 Å². The highest BCUT2D eigenvalue weighted by molar-refractivity contribution is 7.85. The molecule has 190 valence electrons. The zero-order chi connectivity index (χ0) is 26.0. The molecule has 12 nitrogen and oxygen atoms in total. The predicted molar refractivity (Wildman–Crippen MR) is 117 cm³/mol. The molecule has 0 atom stereocenters. The highest BCUT2D eigenvalue weighted by Crippen LogP contribution is 2.18. The van der Waals surface area contributed by atoms with Crippen molar-refractivity contribution < 1.29 is 55.5 Å². The number of ketones is 1. The molecule has 0 amide bonds. The number of hydrogen-bond acceptors (Lipinski definition) is 11. The van der Waals surface area contributed by atoms with Gasteiger partial charge >= 0.3 is 17.9 Å². The molecule has 0 fully saturated rings. The van der Waals surface area contributed by atoms with Crippen LogP contribution in [0.4, 0.5) is 0 Å². The molecule has 1 heterocycles. The highest BCUT2D eigenvalue weighted by Gasteiger charge is 2.20. The maximum absolute atomic E-state index is 12.4. The minimum absolute atomic E-state index is 0.00462. The van der Waals surface area contributed by atoms with Crippen LogP contribution in [-0.4, -0.2) is 70.2 Å². The Balaban J connectivity index is 1.94. The Morgan fingerprint density at radius 1 is 0.800 bits per heavy atom. The predicted octanol–water partition coefficient (Wildman–Crippen LogP) is 2.33. The first-order chi connectivity index (χ1) is 16.5. The third kappa shape index (κ3) is 8.63. The number of hydrogen-bond donors (Lipinski definition) is 1. The van der Waals surface area contributed by atoms with Crippen LogP contribution in [0.1, 0.15) is 61.6 Å². The molecule has 13 heteroatoms. The molecule has 1 aromatic heterocycles. The van der Waals surface area contributed by atoms with Crippen LogP contribution < -0.4 is 0 Å². The summed E-state index contributed by atoms with van der Waals surface area (Å²) >= 11 is 0. The van der Waals surface area contributed by atoms with E-state index in [1.54, 1.807) is 0 Å². The van der Waals surface area contributed by atoms with Crippen molar-refractivity contribution in [3.05, 3.63) is 53.0 Å². The van der Waals surface area contributed by atoms with Crippen molar-refractivity contribution in [2.24, 2.45) is 0 Å². The first-order valence-electron chi connectivity index (χ1n) is 10.3. The van der Waals surface area contributed by atoms with E-state index in [2.05, 4.69) is 0 Å². The van der Waals surface area contributed by atoms with Crippen molar-refractivity contribution in [1.82, 2.24) is 0 Å². The van der Waals surface area contributed by atoms with Crippen molar-refractivity contribution in [2.75, 3.05) is 33.5 Å². The van der Waals surface area contributed by atoms with E-state index >= 15 is 0 Å². The monoisotopic (exact) mass is 512 g/mol. The second-order valence-electron chi connectivity index (χ2n) is 7.05. The summed E-state index contributed by atoms with van der Waals surface area (Å²) in [5, 5.41) is 0. The molecule has 2 rings (SSSR count). The number of Topliss-reactive ketones (excluding diaryl/α,β-unsaturated/α-hetero) is 1. The molecule has 0 aliphatic rings. The third-order valence-corrected chi connectivity index (χ3v) is 5.14. The number of carbonyl (C=O) groups is 4. The summed E-state index contributed by atoms with van der Waals surface area (Å²) in [6.07, 6.45) is 0.488. The van der Waals surface area contributed by atoms with Gasteiger partial charge in [0.15, 0.2) is 11.5 Å². The molecule has 0 bridgehead atoms. The van der Waals surface area contributed by atoms with Crippen LogP contribution in [0, 0.1) is 0 Å². The maximum Gasteiger partial charge on any atom is 0.374 e. The van der Waals surface area contributed by atoms with Gasteiger partial charge in [0.25, 0.3) is 10.1 Å². The summed E-state index contributed by atoms with van der Waals surface area (Å²) in [5.41, 5.74) is -0.588. The SMILES string of the molecule is COCCCOC(=O)c1cc(C(=O)OCCCOC(=O)c2ccc(C(C)=O)o2)cc(S(=O)(=O)O)c1. The van der Waals surface area contributed by atoms with Gasteiger partial charge < -0.3 is 23.4 Å². The number of carbonyl (C=O) groups excluding carboxylic acids is 4. The molecule has 0 aliphatic heterocycles. The molecular weight excluding hydrogens is 488 g/mol. The topological polar surface area (TPSA) is 173 Å². The van der Waals surface area contributed by atoms with Crippen molar-refractivity contribution in [1.29, 1.82) is 0 Å². The zero-order valence-corrected chi connectivity index (χ0v) is 19.8. The molecule has 0 spiro atoms. The van der Waals surface area contributed by atoms with Crippen molar-refractivity contribution in [3.63, 3.8) is 0 Å². The summed E-state index contributed by atoms with van der Waals surface area (Å²) in [6, 6.07) is 5.42. The van der Waals surface area contributed by atoms with Crippen LogP contribution in [0.3, 0.4) is 0 Å². The maximum atomic E-state index is 12.4. The van der Waals surface area contributed by atoms with Crippen LogP contribution in [0.5, 0.6) is 0 Å². The van der Waals surface area contributed by atoms with E-state index in [0.717, 1.165) is 18.2 Å². The van der Waals surface area contributed by atoms with Gasteiger partial charge in [0, 0.05) is 33.5 Å². The van der Waals surface area contributed by atoms with Crippen molar-refractivity contribution in [3.8, 4) is 0 Å². The van der Waals surface area contributed by atoms with E-state index in [9.17, 15) is 32.1 Å². The fourth-order valence-electron chi connectivity index (χ4n) is 2.62. The Hall–Kier alpha value is -3.55. The van der Waals surface area contributed by atoms with Gasteiger partial charge in [-0.15, -0.1) is 0 Å². The average molecular weight is 512 g/mol. The summed E-state index contributed by atoms with van der Waals surface area (Å²) in [6.45, 7) is 1.26. The fourth-order valence-corrected chi connectivity index (χ4v) is 3.17. The molecule has 2 aromatic rings. The third-order valence-electron chi connectivity index (χ3n) is 4.31. The Morgan fingerprint density at radius 3 is 1.74 bits per heavy atom. The number of ether oxygens (including phenoxy) is 4. The van der Waals surface area contributed by atoms with Gasteiger partial charge in [0.1, 0.15) is 0 Å². The average Bonchev–Trinajstić information content (AvgIpc) is 3.31. The van der Waals surface area contributed by atoms with E-state index in [1.807, 2.05) is 0 Å². The van der Waals surface area contributed by atoms with E-state index in [4.69, 9.17) is 23.4 Å². The van der Waals surface area contributed by atoms with Gasteiger partial charge in [-0.05, 0) is 30.3 Å².